The van der Waals surface area contributed by atoms with Crippen LogP contribution in [0.1, 0.15) is 10.4 Å². The van der Waals surface area contributed by atoms with Crippen molar-refractivity contribution in [3.63, 3.8) is 0 Å². The fraction of sp³-hybridized carbons (Fsp3) is 0.278. The van der Waals surface area contributed by atoms with E-state index < -0.39 is 0 Å². The lowest BCUT2D eigenvalue weighted by Crippen LogP contribution is -2.48. The summed E-state index contributed by atoms with van der Waals surface area (Å²) in [6.07, 6.45) is 0. The molecule has 2 aromatic carbocycles. The van der Waals surface area contributed by atoms with E-state index in [1.165, 1.54) is 0 Å². The predicted octanol–water partition coefficient (Wildman–Crippen LogP) is 3.31. The van der Waals surface area contributed by atoms with E-state index in [2.05, 4.69) is 4.90 Å². The SMILES string of the molecule is COc1cccc(C(=O)N2CCN(c3ccc(Cl)cc3)CC2)c1. The number of hydrogen-bond donors (Lipinski definition) is 0. The molecule has 1 aliphatic rings. The summed E-state index contributed by atoms with van der Waals surface area (Å²) in [7, 11) is 1.61. The van der Waals surface area contributed by atoms with Gasteiger partial charge in [-0.25, -0.2) is 0 Å². The van der Waals surface area contributed by atoms with E-state index in [0.29, 0.717) is 24.4 Å². The quantitative estimate of drug-likeness (QED) is 0.865. The van der Waals surface area contributed by atoms with Crippen LogP contribution in [0.4, 0.5) is 5.69 Å². The Bertz CT molecular complexity index is 680. The van der Waals surface area contributed by atoms with Gasteiger partial charge in [0.1, 0.15) is 5.75 Å². The smallest absolute Gasteiger partial charge is 0.254 e. The number of ether oxygens (including phenoxy) is 1. The molecule has 4 nitrogen and oxygen atoms in total. The van der Waals surface area contributed by atoms with Gasteiger partial charge in [0.25, 0.3) is 5.91 Å². The van der Waals surface area contributed by atoms with Crippen molar-refractivity contribution >= 4 is 23.2 Å². The molecule has 0 radical (unpaired) electrons. The molecule has 0 aliphatic carbocycles. The second kappa shape index (κ2) is 6.92. The summed E-state index contributed by atoms with van der Waals surface area (Å²) in [5, 5.41) is 0.737. The van der Waals surface area contributed by atoms with Crippen LogP contribution in [0.3, 0.4) is 0 Å². The summed E-state index contributed by atoms with van der Waals surface area (Å²) in [6, 6.07) is 15.1. The van der Waals surface area contributed by atoms with Gasteiger partial charge in [-0.3, -0.25) is 4.79 Å². The van der Waals surface area contributed by atoms with Crippen molar-refractivity contribution in [2.75, 3.05) is 38.2 Å². The summed E-state index contributed by atoms with van der Waals surface area (Å²) < 4.78 is 5.19. The molecule has 0 atom stereocenters. The van der Waals surface area contributed by atoms with Gasteiger partial charge in [-0.05, 0) is 42.5 Å². The highest BCUT2D eigenvalue weighted by Gasteiger charge is 2.22. The lowest BCUT2D eigenvalue weighted by molar-refractivity contribution is 0.0746. The number of carbonyl (C=O) groups excluding carboxylic acids is 1. The first-order chi connectivity index (χ1) is 11.2. The standard InChI is InChI=1S/C18H19ClN2O2/c1-23-17-4-2-3-14(13-17)18(22)21-11-9-20(10-12-21)16-7-5-15(19)6-8-16/h2-8,13H,9-12H2,1H3. The van der Waals surface area contributed by atoms with E-state index in [1.807, 2.05) is 47.4 Å². The second-order valence-corrected chi connectivity index (χ2v) is 5.92. The molecule has 5 heteroatoms. The van der Waals surface area contributed by atoms with Crippen LogP contribution in [-0.2, 0) is 0 Å². The first kappa shape index (κ1) is 15.7. The number of benzene rings is 2. The summed E-state index contributed by atoms with van der Waals surface area (Å²) >= 11 is 5.93. The molecule has 0 bridgehead atoms. The Morgan fingerprint density at radius 3 is 2.39 bits per heavy atom. The summed E-state index contributed by atoms with van der Waals surface area (Å²) in [4.78, 5) is 16.7. The normalized spacial score (nSPS) is 14.7. The zero-order valence-corrected chi connectivity index (χ0v) is 13.8. The number of rotatable bonds is 3. The molecular formula is C18H19ClN2O2. The Labute approximate surface area is 141 Å². The van der Waals surface area contributed by atoms with Crippen molar-refractivity contribution in [2.45, 2.75) is 0 Å². The van der Waals surface area contributed by atoms with Crippen molar-refractivity contribution in [1.82, 2.24) is 4.90 Å². The molecule has 1 fully saturated rings. The minimum absolute atomic E-state index is 0.0552. The highest BCUT2D eigenvalue weighted by Crippen LogP contribution is 2.20. The molecule has 1 amide bonds. The average molecular weight is 331 g/mol. The van der Waals surface area contributed by atoms with Crippen LogP contribution in [0.25, 0.3) is 0 Å². The van der Waals surface area contributed by atoms with Crippen LogP contribution in [-0.4, -0.2) is 44.1 Å². The van der Waals surface area contributed by atoms with E-state index in [4.69, 9.17) is 16.3 Å². The lowest BCUT2D eigenvalue weighted by atomic mass is 10.1. The van der Waals surface area contributed by atoms with Crippen molar-refractivity contribution in [3.05, 3.63) is 59.1 Å². The minimum Gasteiger partial charge on any atom is -0.497 e. The van der Waals surface area contributed by atoms with Gasteiger partial charge < -0.3 is 14.5 Å². The van der Waals surface area contributed by atoms with E-state index >= 15 is 0 Å². The van der Waals surface area contributed by atoms with Gasteiger partial charge in [-0.15, -0.1) is 0 Å². The topological polar surface area (TPSA) is 32.8 Å². The van der Waals surface area contributed by atoms with Crippen LogP contribution < -0.4 is 9.64 Å². The third kappa shape index (κ3) is 3.59. The summed E-state index contributed by atoms with van der Waals surface area (Å²) in [5.41, 5.74) is 1.81. The molecule has 1 saturated heterocycles. The van der Waals surface area contributed by atoms with Gasteiger partial charge in [-0.2, -0.15) is 0 Å². The van der Waals surface area contributed by atoms with Crippen LogP contribution in [0, 0.1) is 0 Å². The largest absolute Gasteiger partial charge is 0.497 e. The summed E-state index contributed by atoms with van der Waals surface area (Å²) in [5.74, 6) is 0.760. The van der Waals surface area contributed by atoms with Crippen molar-refractivity contribution < 1.29 is 9.53 Å². The van der Waals surface area contributed by atoms with Crippen LogP contribution in [0.15, 0.2) is 48.5 Å². The van der Waals surface area contributed by atoms with Crippen molar-refractivity contribution in [1.29, 1.82) is 0 Å². The average Bonchev–Trinajstić information content (AvgIpc) is 2.62. The van der Waals surface area contributed by atoms with Gasteiger partial charge in [0.15, 0.2) is 0 Å². The molecule has 2 aromatic rings. The molecule has 23 heavy (non-hydrogen) atoms. The van der Waals surface area contributed by atoms with Gasteiger partial charge in [0.05, 0.1) is 7.11 Å². The monoisotopic (exact) mass is 330 g/mol. The van der Waals surface area contributed by atoms with Gasteiger partial charge in [0.2, 0.25) is 0 Å². The minimum atomic E-state index is 0.0552. The number of amides is 1. The van der Waals surface area contributed by atoms with Crippen molar-refractivity contribution in [2.24, 2.45) is 0 Å². The van der Waals surface area contributed by atoms with Gasteiger partial charge in [0, 0.05) is 42.5 Å². The summed E-state index contributed by atoms with van der Waals surface area (Å²) in [6.45, 7) is 3.05. The lowest BCUT2D eigenvalue weighted by Gasteiger charge is -2.36. The zero-order valence-electron chi connectivity index (χ0n) is 13.0. The maximum atomic E-state index is 12.6. The molecule has 1 aliphatic heterocycles. The van der Waals surface area contributed by atoms with Gasteiger partial charge in [-0.1, -0.05) is 17.7 Å². The number of methoxy groups -OCH3 is 1. The fourth-order valence-electron chi connectivity index (χ4n) is 2.76. The maximum Gasteiger partial charge on any atom is 0.254 e. The van der Waals surface area contributed by atoms with Crippen LogP contribution >= 0.6 is 11.6 Å². The number of halogens is 1. The Morgan fingerprint density at radius 2 is 1.74 bits per heavy atom. The Hall–Kier alpha value is -2.20. The van der Waals surface area contributed by atoms with Crippen LogP contribution in [0.5, 0.6) is 5.75 Å². The molecule has 120 valence electrons. The molecule has 0 saturated carbocycles. The molecule has 0 spiro atoms. The fourth-order valence-corrected chi connectivity index (χ4v) is 2.88. The number of anilines is 1. The second-order valence-electron chi connectivity index (χ2n) is 5.49. The molecular weight excluding hydrogens is 312 g/mol. The molecule has 0 aromatic heterocycles. The van der Waals surface area contributed by atoms with Gasteiger partial charge >= 0.3 is 0 Å². The van der Waals surface area contributed by atoms with E-state index in [9.17, 15) is 4.79 Å². The van der Waals surface area contributed by atoms with Crippen molar-refractivity contribution in [3.8, 4) is 5.75 Å². The first-order valence-corrected chi connectivity index (χ1v) is 7.99. The Kier molecular flexibility index (Phi) is 4.72. The van der Waals surface area contributed by atoms with E-state index in [0.717, 1.165) is 23.8 Å². The molecule has 0 unspecified atom stereocenters. The molecule has 1 heterocycles. The third-order valence-corrected chi connectivity index (χ3v) is 4.33. The Morgan fingerprint density at radius 1 is 1.04 bits per heavy atom. The number of nitrogens with zero attached hydrogens (tertiary/aromatic N) is 2. The third-order valence-electron chi connectivity index (χ3n) is 4.08. The number of hydrogen-bond acceptors (Lipinski definition) is 3. The highest BCUT2D eigenvalue weighted by molar-refractivity contribution is 6.30. The van der Waals surface area contributed by atoms with E-state index in [1.54, 1.807) is 13.2 Å². The van der Waals surface area contributed by atoms with E-state index in [-0.39, 0.29) is 5.91 Å². The number of piperazine rings is 1. The van der Waals surface area contributed by atoms with Crippen LogP contribution in [0.2, 0.25) is 5.02 Å². The highest BCUT2D eigenvalue weighted by atomic mass is 35.5. The maximum absolute atomic E-state index is 12.6. The Balaban J connectivity index is 1.64. The zero-order chi connectivity index (χ0) is 16.2. The molecule has 3 rings (SSSR count). The molecule has 0 N–H and O–H groups in total. The first-order valence-electron chi connectivity index (χ1n) is 7.61. The predicted molar refractivity (Wildman–Crippen MR) is 92.6 cm³/mol. The number of carbonyl (C=O) groups is 1.